The minimum Gasteiger partial charge on any atom is -0.581 e. The predicted molar refractivity (Wildman–Crippen MR) is 37.7 cm³/mol. The van der Waals surface area contributed by atoms with Crippen LogP contribution in [0.4, 0.5) is 0 Å². The number of rotatable bonds is 2. The van der Waals surface area contributed by atoms with Gasteiger partial charge in [0.1, 0.15) is 0 Å². The number of methoxy groups -OCH3 is 1. The van der Waals surface area contributed by atoms with Crippen molar-refractivity contribution in [2.45, 2.75) is 0 Å². The van der Waals surface area contributed by atoms with Gasteiger partial charge in [-0.15, -0.1) is 0 Å². The van der Waals surface area contributed by atoms with Gasteiger partial charge >= 0.3 is 0 Å². The Hall–Kier alpha value is 1.80. The number of hydrogen-bond donors (Lipinski definition) is 1. The molecule has 3 nitrogen and oxygen atoms in total. The standard InChI is InChI=1S/C8H6O3.3Y/c1-11-8-3-2-6(5-9)4-7(8)10;;;/h2,5,10H,1H3;;;/q-2;;;. The van der Waals surface area contributed by atoms with Crippen molar-refractivity contribution in [2.24, 2.45) is 0 Å². The molecule has 67 valence electrons. The summed E-state index contributed by atoms with van der Waals surface area (Å²) in [7, 11) is 1.40. The van der Waals surface area contributed by atoms with Gasteiger partial charge in [-0.1, -0.05) is 0 Å². The maximum absolute atomic E-state index is 10.2. The normalized spacial score (nSPS) is 7.21. The Morgan fingerprint density at radius 3 is 2.36 bits per heavy atom. The van der Waals surface area contributed by atoms with Crippen molar-refractivity contribution in [3.05, 3.63) is 23.8 Å². The van der Waals surface area contributed by atoms with Crippen LogP contribution in [0.2, 0.25) is 0 Å². The number of carbonyl (C=O) groups is 1. The molecule has 0 atom stereocenters. The molecule has 0 unspecified atom stereocenters. The first-order valence-electron chi connectivity index (χ1n) is 2.94. The maximum atomic E-state index is 10.2. The molecule has 1 rings (SSSR count). The van der Waals surface area contributed by atoms with Gasteiger partial charge in [-0.3, -0.25) is 6.07 Å². The number of phenolic OH excluding ortho intramolecular Hbond substituents is 1. The number of aromatic hydroxyl groups is 1. The second kappa shape index (κ2) is 11.3. The van der Waals surface area contributed by atoms with Crippen molar-refractivity contribution in [3.63, 3.8) is 0 Å². The number of benzene rings is 1. The smallest absolute Gasteiger partial charge is 0.0618 e. The topological polar surface area (TPSA) is 46.5 Å². The van der Waals surface area contributed by atoms with E-state index in [4.69, 9.17) is 9.84 Å². The fourth-order valence-electron chi connectivity index (χ4n) is 0.660. The van der Waals surface area contributed by atoms with E-state index in [1.54, 1.807) is 0 Å². The Bertz CT molecular complexity index is 279. The van der Waals surface area contributed by atoms with Crippen molar-refractivity contribution in [3.8, 4) is 11.5 Å². The zero-order chi connectivity index (χ0) is 8.27. The van der Waals surface area contributed by atoms with Crippen molar-refractivity contribution in [2.75, 3.05) is 7.11 Å². The molecule has 0 aromatic heterocycles. The van der Waals surface area contributed by atoms with Gasteiger partial charge in [0.05, 0.1) is 7.11 Å². The molecule has 0 saturated carbocycles. The van der Waals surface area contributed by atoms with E-state index in [-0.39, 0.29) is 115 Å². The van der Waals surface area contributed by atoms with E-state index in [1.165, 1.54) is 13.2 Å². The van der Waals surface area contributed by atoms with E-state index in [2.05, 4.69) is 12.1 Å². The third-order valence-electron chi connectivity index (χ3n) is 1.17. The quantitative estimate of drug-likeness (QED) is 0.573. The first-order valence-corrected chi connectivity index (χ1v) is 2.94. The van der Waals surface area contributed by atoms with E-state index in [0.29, 0.717) is 6.29 Å². The molecule has 0 aliphatic carbocycles. The average Bonchev–Trinajstić information content (AvgIpc) is 2.04. The summed E-state index contributed by atoms with van der Waals surface area (Å²) in [5, 5.41) is 9.05. The minimum absolute atomic E-state index is 0. The molecule has 1 aromatic rings. The first kappa shape index (κ1) is 21.1. The van der Waals surface area contributed by atoms with Crippen LogP contribution in [0.5, 0.6) is 11.5 Å². The third kappa shape index (κ3) is 6.40. The van der Waals surface area contributed by atoms with Crippen LogP contribution < -0.4 is 4.74 Å². The van der Waals surface area contributed by atoms with Crippen molar-refractivity contribution < 1.29 is 113 Å². The molecule has 1 aromatic carbocycles. The predicted octanol–water partition coefficient (Wildman–Crippen LogP) is 0.806. The van der Waals surface area contributed by atoms with E-state index in [9.17, 15) is 4.79 Å². The van der Waals surface area contributed by atoms with Crippen LogP contribution >= 0.6 is 0 Å². The van der Waals surface area contributed by atoms with Crippen molar-refractivity contribution in [1.29, 1.82) is 0 Å². The SMILES string of the molecule is COc1[c-]cc(C=O)[c-]c1O.[Y].[Y].[Y]. The second-order valence-corrected chi connectivity index (χ2v) is 1.87. The molecule has 0 saturated heterocycles. The van der Waals surface area contributed by atoms with E-state index < -0.39 is 0 Å². The molecular formula is C8H6O3Y3-2. The molecule has 0 spiro atoms. The Morgan fingerprint density at radius 2 is 2.00 bits per heavy atom. The Labute approximate surface area is 158 Å². The zero-order valence-electron chi connectivity index (χ0n) is 7.65. The van der Waals surface area contributed by atoms with E-state index >= 15 is 0 Å². The number of ether oxygens (including phenoxy) is 1. The van der Waals surface area contributed by atoms with Gasteiger partial charge in [0.15, 0.2) is 0 Å². The largest absolute Gasteiger partial charge is 0.581 e. The van der Waals surface area contributed by atoms with Crippen LogP contribution in [0.25, 0.3) is 0 Å². The van der Waals surface area contributed by atoms with Gasteiger partial charge in [0.25, 0.3) is 0 Å². The molecule has 1 N–H and O–H groups in total. The Morgan fingerprint density at radius 1 is 1.43 bits per heavy atom. The van der Waals surface area contributed by atoms with Gasteiger partial charge in [-0.2, -0.15) is 0 Å². The molecule has 0 aliphatic heterocycles. The van der Waals surface area contributed by atoms with Crippen LogP contribution in [0.1, 0.15) is 10.4 Å². The number of phenols is 1. The summed E-state index contributed by atoms with van der Waals surface area (Å²) in [6, 6.07) is 6.37. The zero-order valence-corrected chi connectivity index (χ0v) is 16.2. The number of aldehydes is 1. The molecule has 0 aliphatic rings. The second-order valence-electron chi connectivity index (χ2n) is 1.87. The van der Waals surface area contributed by atoms with E-state index in [1.807, 2.05) is 0 Å². The summed E-state index contributed by atoms with van der Waals surface area (Å²) in [5.41, 5.74) is 0.253. The summed E-state index contributed by atoms with van der Waals surface area (Å²) in [6.45, 7) is 0. The number of carbonyl (C=O) groups excluding carboxylic acids is 1. The molecule has 0 fully saturated rings. The van der Waals surface area contributed by atoms with Gasteiger partial charge in [-0.25, -0.2) is 17.7 Å². The minimum atomic E-state index is -0.197. The number of hydrogen-bond acceptors (Lipinski definition) is 3. The van der Waals surface area contributed by atoms with Crippen LogP contribution in [-0.2, 0) is 98.1 Å². The Kier molecular flexibility index (Phi) is 17.0. The average molecular weight is 417 g/mol. The molecule has 0 amide bonds. The molecular weight excluding hydrogens is 411 g/mol. The molecule has 14 heavy (non-hydrogen) atoms. The summed E-state index contributed by atoms with van der Waals surface area (Å²) in [5.74, 6) is -0.00676. The van der Waals surface area contributed by atoms with Crippen LogP contribution in [0, 0.1) is 12.1 Å². The molecule has 0 heterocycles. The molecule has 0 bridgehead atoms. The van der Waals surface area contributed by atoms with Crippen LogP contribution in [-0.4, -0.2) is 18.5 Å². The van der Waals surface area contributed by atoms with Crippen molar-refractivity contribution >= 4 is 6.29 Å². The maximum Gasteiger partial charge on any atom is 0.0618 e. The Balaban J connectivity index is -0.000000403. The van der Waals surface area contributed by atoms with E-state index in [0.717, 1.165) is 0 Å². The van der Waals surface area contributed by atoms with Gasteiger partial charge in [0, 0.05) is 104 Å². The fraction of sp³-hybridized carbons (Fsp3) is 0.125. The van der Waals surface area contributed by atoms with Gasteiger partial charge < -0.3 is 14.6 Å². The summed E-state index contributed by atoms with van der Waals surface area (Å²) in [6.07, 6.45) is 0.579. The summed E-state index contributed by atoms with van der Waals surface area (Å²) >= 11 is 0. The molecule has 6 heteroatoms. The first-order chi connectivity index (χ1) is 5.27. The molecule has 3 radical (unpaired) electrons. The monoisotopic (exact) mass is 417 g/mol. The van der Waals surface area contributed by atoms with Gasteiger partial charge in [-0.05, 0) is 11.5 Å². The summed E-state index contributed by atoms with van der Waals surface area (Å²) in [4.78, 5) is 10.2. The van der Waals surface area contributed by atoms with Crippen molar-refractivity contribution in [1.82, 2.24) is 0 Å². The fourth-order valence-corrected chi connectivity index (χ4v) is 0.660. The summed E-state index contributed by atoms with van der Waals surface area (Å²) < 4.78 is 4.69. The third-order valence-corrected chi connectivity index (χ3v) is 1.17. The van der Waals surface area contributed by atoms with Crippen LogP contribution in [0.15, 0.2) is 6.07 Å². The van der Waals surface area contributed by atoms with Gasteiger partial charge in [0.2, 0.25) is 0 Å². The van der Waals surface area contributed by atoms with Crippen LogP contribution in [0.3, 0.4) is 0 Å².